The highest BCUT2D eigenvalue weighted by Gasteiger charge is 2.20. The molecule has 0 aliphatic carbocycles. The van der Waals surface area contributed by atoms with Gasteiger partial charge in [0.25, 0.3) is 0 Å². The number of benzene rings is 9. The summed E-state index contributed by atoms with van der Waals surface area (Å²) in [7, 11) is 0. The second-order valence-corrected chi connectivity index (χ2v) is 14.0. The summed E-state index contributed by atoms with van der Waals surface area (Å²) in [6.07, 6.45) is 0. The Morgan fingerprint density at radius 3 is 1.78 bits per heavy atom. The van der Waals surface area contributed by atoms with Crippen LogP contribution < -0.4 is 4.90 Å². The molecule has 0 unspecified atom stereocenters. The van der Waals surface area contributed by atoms with Gasteiger partial charge in [0.15, 0.2) is 0 Å². The Hall–Kier alpha value is -7.36. The number of hydrogen-bond donors (Lipinski definition) is 0. The van der Waals surface area contributed by atoms with E-state index in [4.69, 9.17) is 8.83 Å². The lowest BCUT2D eigenvalue weighted by molar-refractivity contribution is 0.669. The van der Waals surface area contributed by atoms with Gasteiger partial charge in [-0.15, -0.1) is 0 Å². The molecule has 0 fully saturated rings. The number of fused-ring (bicyclic) bond motifs is 8. The molecule has 11 aromatic rings. The largest absolute Gasteiger partial charge is 0.456 e. The molecule has 0 aliphatic rings. The molecule has 0 bridgehead atoms. The van der Waals surface area contributed by atoms with Crippen molar-refractivity contribution in [3.05, 3.63) is 200 Å². The normalized spacial score (nSPS) is 11.6. The summed E-state index contributed by atoms with van der Waals surface area (Å²) < 4.78 is 12.8. The first kappa shape index (κ1) is 31.2. The predicted octanol–water partition coefficient (Wildman–Crippen LogP) is 15.1. The van der Waals surface area contributed by atoms with E-state index in [2.05, 4.69) is 193 Å². The Bertz CT molecular complexity index is 3210. The molecule has 11 rings (SSSR count). The Morgan fingerprint density at radius 2 is 0.927 bits per heavy atom. The standard InChI is InChI=1S/C52H33NO2/c1-2-13-34(14-3-1)40-18-6-8-23-46(40)53(38-30-27-36(28-31-38)41-21-11-25-48-50(41)44-20-7-9-24-47(44)54-48)39-17-10-16-37(33-39)42-22-12-26-49-51(42)45-32-29-35-15-4-5-19-43(35)52(45)55-49/h1-33H. The lowest BCUT2D eigenvalue weighted by Gasteiger charge is -2.28. The lowest BCUT2D eigenvalue weighted by Crippen LogP contribution is -2.11. The zero-order valence-corrected chi connectivity index (χ0v) is 29.8. The zero-order valence-electron chi connectivity index (χ0n) is 29.8. The summed E-state index contributed by atoms with van der Waals surface area (Å²) in [5, 5.41) is 6.81. The second-order valence-electron chi connectivity index (χ2n) is 14.0. The highest BCUT2D eigenvalue weighted by molar-refractivity contribution is 6.19. The number of hydrogen-bond acceptors (Lipinski definition) is 3. The molecule has 258 valence electrons. The van der Waals surface area contributed by atoms with Gasteiger partial charge in [0.1, 0.15) is 22.3 Å². The maximum atomic E-state index is 6.59. The van der Waals surface area contributed by atoms with Crippen LogP contribution in [0.15, 0.2) is 209 Å². The molecule has 9 aromatic carbocycles. The van der Waals surface area contributed by atoms with E-state index in [0.717, 1.165) is 99.7 Å². The Labute approximate surface area is 317 Å². The van der Waals surface area contributed by atoms with Gasteiger partial charge in [0, 0.05) is 43.9 Å². The molecular weight excluding hydrogens is 671 g/mol. The van der Waals surface area contributed by atoms with Crippen LogP contribution in [0.2, 0.25) is 0 Å². The molecule has 3 heteroatoms. The highest BCUT2D eigenvalue weighted by atomic mass is 16.3. The topological polar surface area (TPSA) is 29.5 Å². The Kier molecular flexibility index (Phi) is 7.17. The molecule has 2 heterocycles. The fourth-order valence-corrected chi connectivity index (χ4v) is 8.37. The van der Waals surface area contributed by atoms with Crippen LogP contribution in [0.4, 0.5) is 17.1 Å². The minimum atomic E-state index is 0.886. The first-order valence-corrected chi connectivity index (χ1v) is 18.7. The molecule has 55 heavy (non-hydrogen) atoms. The van der Waals surface area contributed by atoms with E-state index in [1.807, 2.05) is 12.1 Å². The molecule has 0 saturated carbocycles. The van der Waals surface area contributed by atoms with E-state index in [1.54, 1.807) is 0 Å². The molecular formula is C52H33NO2. The van der Waals surface area contributed by atoms with Gasteiger partial charge in [-0.2, -0.15) is 0 Å². The van der Waals surface area contributed by atoms with E-state index < -0.39 is 0 Å². The molecule has 0 amide bonds. The third-order valence-corrected chi connectivity index (χ3v) is 10.9. The van der Waals surface area contributed by atoms with Gasteiger partial charge in [-0.3, -0.25) is 0 Å². The lowest BCUT2D eigenvalue weighted by atomic mass is 9.96. The minimum absolute atomic E-state index is 0.886. The predicted molar refractivity (Wildman–Crippen MR) is 229 cm³/mol. The Morgan fingerprint density at radius 1 is 0.327 bits per heavy atom. The zero-order chi connectivity index (χ0) is 36.3. The van der Waals surface area contributed by atoms with E-state index in [9.17, 15) is 0 Å². The number of para-hydroxylation sites is 2. The molecule has 3 nitrogen and oxygen atoms in total. The van der Waals surface area contributed by atoms with Crippen molar-refractivity contribution in [3.63, 3.8) is 0 Å². The van der Waals surface area contributed by atoms with Crippen molar-refractivity contribution in [2.75, 3.05) is 4.90 Å². The van der Waals surface area contributed by atoms with E-state index in [-0.39, 0.29) is 0 Å². The maximum Gasteiger partial charge on any atom is 0.143 e. The summed E-state index contributed by atoms with van der Waals surface area (Å²) in [6.45, 7) is 0. The summed E-state index contributed by atoms with van der Waals surface area (Å²) in [4.78, 5) is 2.38. The smallest absolute Gasteiger partial charge is 0.143 e. The molecule has 0 radical (unpaired) electrons. The number of anilines is 3. The molecule has 0 saturated heterocycles. The SMILES string of the molecule is c1ccc(-c2ccccc2N(c2ccc(-c3cccc4oc5ccccc5c34)cc2)c2cccc(-c3cccc4oc5c6ccccc6ccc5c34)c2)cc1. The fourth-order valence-electron chi connectivity index (χ4n) is 8.37. The summed E-state index contributed by atoms with van der Waals surface area (Å²) in [5.41, 5.74) is 13.7. The molecule has 0 atom stereocenters. The van der Waals surface area contributed by atoms with Crippen LogP contribution in [0.25, 0.3) is 88.0 Å². The van der Waals surface area contributed by atoms with Gasteiger partial charge in [0.2, 0.25) is 0 Å². The fraction of sp³-hybridized carbons (Fsp3) is 0. The van der Waals surface area contributed by atoms with E-state index >= 15 is 0 Å². The molecule has 0 N–H and O–H groups in total. The third-order valence-electron chi connectivity index (χ3n) is 10.9. The quantitative estimate of drug-likeness (QED) is 0.173. The monoisotopic (exact) mass is 703 g/mol. The van der Waals surface area contributed by atoms with Crippen LogP contribution >= 0.6 is 0 Å². The highest BCUT2D eigenvalue weighted by Crippen LogP contribution is 2.45. The van der Waals surface area contributed by atoms with Crippen LogP contribution in [0.1, 0.15) is 0 Å². The first-order valence-electron chi connectivity index (χ1n) is 18.7. The van der Waals surface area contributed by atoms with E-state index in [1.165, 1.54) is 5.39 Å². The van der Waals surface area contributed by atoms with Crippen molar-refractivity contribution in [2.45, 2.75) is 0 Å². The third kappa shape index (κ3) is 5.13. The Balaban J connectivity index is 1.09. The molecule has 2 aromatic heterocycles. The maximum absolute atomic E-state index is 6.59. The van der Waals surface area contributed by atoms with Crippen LogP contribution in [0.5, 0.6) is 0 Å². The minimum Gasteiger partial charge on any atom is -0.456 e. The van der Waals surface area contributed by atoms with Crippen molar-refractivity contribution in [1.29, 1.82) is 0 Å². The van der Waals surface area contributed by atoms with Crippen LogP contribution in [-0.4, -0.2) is 0 Å². The number of furan rings is 2. The van der Waals surface area contributed by atoms with Crippen molar-refractivity contribution in [3.8, 4) is 33.4 Å². The van der Waals surface area contributed by atoms with Crippen LogP contribution in [0, 0.1) is 0 Å². The molecule has 0 aliphatic heterocycles. The van der Waals surface area contributed by atoms with Gasteiger partial charge in [-0.05, 0) is 87.8 Å². The van der Waals surface area contributed by atoms with Gasteiger partial charge in [0.05, 0.1) is 5.69 Å². The van der Waals surface area contributed by atoms with Crippen LogP contribution in [0.3, 0.4) is 0 Å². The van der Waals surface area contributed by atoms with E-state index in [0.29, 0.717) is 0 Å². The first-order chi connectivity index (χ1) is 27.3. The van der Waals surface area contributed by atoms with Crippen LogP contribution in [-0.2, 0) is 0 Å². The average Bonchev–Trinajstić information content (AvgIpc) is 3.84. The number of rotatable bonds is 6. The summed E-state index contributed by atoms with van der Waals surface area (Å²) in [6, 6.07) is 71.0. The van der Waals surface area contributed by atoms with Crippen molar-refractivity contribution >= 4 is 71.7 Å². The van der Waals surface area contributed by atoms with Crippen molar-refractivity contribution < 1.29 is 8.83 Å². The van der Waals surface area contributed by atoms with Crippen molar-refractivity contribution in [1.82, 2.24) is 0 Å². The van der Waals surface area contributed by atoms with Gasteiger partial charge >= 0.3 is 0 Å². The summed E-state index contributed by atoms with van der Waals surface area (Å²) in [5.74, 6) is 0. The summed E-state index contributed by atoms with van der Waals surface area (Å²) >= 11 is 0. The second kappa shape index (κ2) is 12.6. The van der Waals surface area contributed by atoms with Gasteiger partial charge in [-0.1, -0.05) is 146 Å². The number of nitrogens with zero attached hydrogens (tertiary/aromatic N) is 1. The average molecular weight is 704 g/mol. The van der Waals surface area contributed by atoms with Gasteiger partial charge in [-0.25, -0.2) is 0 Å². The van der Waals surface area contributed by atoms with Gasteiger partial charge < -0.3 is 13.7 Å². The van der Waals surface area contributed by atoms with Crippen molar-refractivity contribution in [2.24, 2.45) is 0 Å². The molecule has 0 spiro atoms.